The topological polar surface area (TPSA) is 69.6 Å². The van der Waals surface area contributed by atoms with E-state index >= 15 is 0 Å². The molecule has 7 nitrogen and oxygen atoms in total. The highest BCUT2D eigenvalue weighted by atomic mass is 16.2. The number of urea groups is 1. The lowest BCUT2D eigenvalue weighted by molar-refractivity contribution is 0.0760. The maximum atomic E-state index is 13.0. The maximum absolute atomic E-state index is 13.0. The van der Waals surface area contributed by atoms with E-state index in [9.17, 15) is 9.59 Å². The van der Waals surface area contributed by atoms with Crippen LogP contribution in [0.4, 0.5) is 4.79 Å². The Kier molecular flexibility index (Phi) is 4.98. The Morgan fingerprint density at radius 1 is 1.07 bits per heavy atom. The van der Waals surface area contributed by atoms with Gasteiger partial charge in [0.25, 0.3) is 5.91 Å². The molecule has 0 spiro atoms. The molecule has 7 heteroatoms. The van der Waals surface area contributed by atoms with Gasteiger partial charge in [-0.3, -0.25) is 4.79 Å². The van der Waals surface area contributed by atoms with E-state index < -0.39 is 0 Å². The van der Waals surface area contributed by atoms with E-state index in [1.807, 2.05) is 21.9 Å². The summed E-state index contributed by atoms with van der Waals surface area (Å²) in [6.07, 6.45) is 1.63. The lowest BCUT2D eigenvalue weighted by atomic mass is 9.88. The third kappa shape index (κ3) is 3.45. The van der Waals surface area contributed by atoms with Crippen LogP contribution in [-0.2, 0) is 0 Å². The average Bonchev–Trinajstić information content (AvgIpc) is 3.25. The Hall–Kier alpha value is -2.96. The first kappa shape index (κ1) is 19.4. The van der Waals surface area contributed by atoms with Gasteiger partial charge in [-0.1, -0.05) is 24.3 Å². The van der Waals surface area contributed by atoms with Gasteiger partial charge in [-0.15, -0.1) is 0 Å². The van der Waals surface area contributed by atoms with Gasteiger partial charge in [-0.05, 0) is 31.0 Å². The number of amides is 3. The molecule has 2 saturated heterocycles. The fourth-order valence-electron chi connectivity index (χ4n) is 4.72. The average molecular weight is 393 g/mol. The van der Waals surface area contributed by atoms with Crippen molar-refractivity contribution in [2.75, 3.05) is 33.7 Å². The number of fused-ring (bicyclic) bond motifs is 1. The van der Waals surface area contributed by atoms with Crippen LogP contribution in [0.25, 0.3) is 0 Å². The van der Waals surface area contributed by atoms with Gasteiger partial charge in [0, 0.05) is 51.8 Å². The van der Waals surface area contributed by atoms with Gasteiger partial charge in [0.15, 0.2) is 0 Å². The Bertz CT molecular complexity index is 944. The quantitative estimate of drug-likeness (QED) is 0.786. The molecule has 3 amide bonds. The van der Waals surface area contributed by atoms with E-state index in [0.717, 1.165) is 0 Å². The highest BCUT2D eigenvalue weighted by molar-refractivity contribution is 5.92. The number of likely N-dealkylation sites (tertiary alicyclic amines) is 2. The molecule has 0 saturated carbocycles. The summed E-state index contributed by atoms with van der Waals surface area (Å²) in [5.74, 6) is 1.01. The van der Waals surface area contributed by atoms with E-state index in [1.54, 1.807) is 38.2 Å². The highest BCUT2D eigenvalue weighted by Crippen LogP contribution is 2.46. The molecule has 29 heavy (non-hydrogen) atoms. The van der Waals surface area contributed by atoms with E-state index in [1.165, 1.54) is 11.1 Å². The maximum Gasteiger partial charge on any atom is 0.320 e. The summed E-state index contributed by atoms with van der Waals surface area (Å²) in [5.41, 5.74) is 2.78. The second-order valence-corrected chi connectivity index (χ2v) is 8.25. The summed E-state index contributed by atoms with van der Waals surface area (Å²) in [4.78, 5) is 39.8. The first-order valence-electron chi connectivity index (χ1n) is 9.99. The molecular formula is C22H27N5O2. The molecule has 2 aliphatic rings. The minimum atomic E-state index is -0.0566. The molecule has 1 aromatic heterocycles. The fourth-order valence-corrected chi connectivity index (χ4v) is 4.72. The summed E-state index contributed by atoms with van der Waals surface area (Å²) in [6, 6.07) is 9.90. The van der Waals surface area contributed by atoms with Gasteiger partial charge in [-0.2, -0.15) is 0 Å². The highest BCUT2D eigenvalue weighted by Gasteiger charge is 2.50. The Balaban J connectivity index is 1.63. The Morgan fingerprint density at radius 2 is 1.83 bits per heavy atom. The van der Waals surface area contributed by atoms with Crippen LogP contribution in [0.15, 0.2) is 36.5 Å². The van der Waals surface area contributed by atoms with Gasteiger partial charge in [0.2, 0.25) is 0 Å². The summed E-state index contributed by atoms with van der Waals surface area (Å²) in [7, 11) is 3.58. The smallest absolute Gasteiger partial charge is 0.320 e. The summed E-state index contributed by atoms with van der Waals surface area (Å²) in [5, 5.41) is 0. The van der Waals surface area contributed by atoms with E-state index in [0.29, 0.717) is 31.2 Å². The molecule has 3 atom stereocenters. The molecule has 2 aliphatic heterocycles. The predicted molar refractivity (Wildman–Crippen MR) is 109 cm³/mol. The van der Waals surface area contributed by atoms with Crippen molar-refractivity contribution in [2.45, 2.75) is 19.9 Å². The van der Waals surface area contributed by atoms with Crippen molar-refractivity contribution in [1.29, 1.82) is 0 Å². The van der Waals surface area contributed by atoms with Crippen molar-refractivity contribution >= 4 is 11.9 Å². The van der Waals surface area contributed by atoms with Crippen molar-refractivity contribution < 1.29 is 9.59 Å². The Labute approximate surface area is 171 Å². The van der Waals surface area contributed by atoms with E-state index in [2.05, 4.69) is 29.0 Å². The summed E-state index contributed by atoms with van der Waals surface area (Å²) in [6.45, 7) is 5.80. The molecule has 0 radical (unpaired) electrons. The molecule has 1 aromatic carbocycles. The number of carbonyl (C=O) groups is 2. The third-order valence-corrected chi connectivity index (χ3v) is 6.08. The summed E-state index contributed by atoms with van der Waals surface area (Å²) < 4.78 is 0. The molecule has 152 valence electrons. The molecule has 0 aliphatic carbocycles. The van der Waals surface area contributed by atoms with Crippen LogP contribution >= 0.6 is 0 Å². The summed E-state index contributed by atoms with van der Waals surface area (Å²) >= 11 is 0. The lowest BCUT2D eigenvalue weighted by Crippen LogP contribution is -2.42. The number of carbonyl (C=O) groups excluding carboxylic acids is 2. The van der Waals surface area contributed by atoms with Gasteiger partial charge in [0.1, 0.15) is 11.5 Å². The predicted octanol–water partition coefficient (Wildman–Crippen LogP) is 2.52. The van der Waals surface area contributed by atoms with Crippen molar-refractivity contribution in [3.05, 3.63) is 59.2 Å². The number of aryl methyl sites for hydroxylation is 2. The van der Waals surface area contributed by atoms with Gasteiger partial charge < -0.3 is 14.7 Å². The molecule has 0 unspecified atom stereocenters. The molecule has 2 fully saturated rings. The van der Waals surface area contributed by atoms with Crippen LogP contribution in [0.3, 0.4) is 0 Å². The minimum absolute atomic E-state index is 0.0250. The van der Waals surface area contributed by atoms with Crippen LogP contribution in [-0.4, -0.2) is 70.3 Å². The van der Waals surface area contributed by atoms with E-state index in [4.69, 9.17) is 0 Å². The molecule has 4 rings (SSSR count). The monoisotopic (exact) mass is 393 g/mol. The first-order chi connectivity index (χ1) is 13.9. The number of benzene rings is 1. The van der Waals surface area contributed by atoms with Crippen molar-refractivity contribution in [2.24, 2.45) is 11.8 Å². The third-order valence-electron chi connectivity index (χ3n) is 6.08. The number of nitrogens with zero attached hydrogens (tertiary/aromatic N) is 5. The minimum Gasteiger partial charge on any atom is -0.337 e. The molecular weight excluding hydrogens is 366 g/mol. The molecule has 3 heterocycles. The first-order valence-corrected chi connectivity index (χ1v) is 9.99. The van der Waals surface area contributed by atoms with Crippen molar-refractivity contribution in [1.82, 2.24) is 24.7 Å². The van der Waals surface area contributed by atoms with Crippen LogP contribution in [0, 0.1) is 25.7 Å². The van der Waals surface area contributed by atoms with Crippen LogP contribution in [0.2, 0.25) is 0 Å². The number of aromatic nitrogens is 2. The molecule has 0 bridgehead atoms. The zero-order valence-electron chi connectivity index (χ0n) is 17.4. The van der Waals surface area contributed by atoms with Crippen molar-refractivity contribution in [3.63, 3.8) is 0 Å². The van der Waals surface area contributed by atoms with Crippen LogP contribution in [0.1, 0.15) is 33.5 Å². The number of hydrogen-bond acceptors (Lipinski definition) is 4. The fraction of sp³-hybridized carbons (Fsp3) is 0.455. The van der Waals surface area contributed by atoms with Gasteiger partial charge >= 0.3 is 6.03 Å². The zero-order chi connectivity index (χ0) is 20.7. The number of rotatable bonds is 2. The molecule has 0 N–H and O–H groups in total. The van der Waals surface area contributed by atoms with Gasteiger partial charge in [0.05, 0.1) is 6.04 Å². The zero-order valence-corrected chi connectivity index (χ0v) is 17.4. The largest absolute Gasteiger partial charge is 0.337 e. The molecule has 2 aromatic rings. The van der Waals surface area contributed by atoms with Crippen LogP contribution in [0.5, 0.6) is 0 Å². The standard InChI is InChI=1S/C22H27N5O2/c1-14-7-5-6-8-17(14)20-18-13-26(21(28)19-9-10-23-15(2)24-19)11-16(18)12-27(20)22(29)25(3)4/h5-10,16,18,20H,11-13H2,1-4H3/t16-,18-,20+/m1/s1. The normalized spacial score (nSPS) is 23.2. The van der Waals surface area contributed by atoms with Crippen LogP contribution < -0.4 is 0 Å². The van der Waals surface area contributed by atoms with Gasteiger partial charge in [-0.25, -0.2) is 14.8 Å². The van der Waals surface area contributed by atoms with E-state index in [-0.39, 0.29) is 29.8 Å². The second-order valence-electron chi connectivity index (χ2n) is 8.25. The second kappa shape index (κ2) is 7.46. The van der Waals surface area contributed by atoms with Crippen molar-refractivity contribution in [3.8, 4) is 0 Å². The Morgan fingerprint density at radius 3 is 2.52 bits per heavy atom. The SMILES string of the molecule is Cc1nccc(C(=O)N2C[C@@H]3CN(C(=O)N(C)C)[C@@H](c4ccccc4C)[C@@H]3C2)n1. The number of hydrogen-bond donors (Lipinski definition) is 0. The lowest BCUT2D eigenvalue weighted by Gasteiger charge is -2.32.